The van der Waals surface area contributed by atoms with Crippen molar-refractivity contribution in [2.75, 3.05) is 10.2 Å². The van der Waals surface area contributed by atoms with Crippen LogP contribution < -0.4 is 10.2 Å². The first-order valence-electron chi connectivity index (χ1n) is 11.6. The van der Waals surface area contributed by atoms with Crippen molar-refractivity contribution in [2.24, 2.45) is 0 Å². The second kappa shape index (κ2) is 10.1. The van der Waals surface area contributed by atoms with E-state index in [9.17, 15) is 13.8 Å². The Labute approximate surface area is 217 Å². The fourth-order valence-electron chi connectivity index (χ4n) is 4.32. The Morgan fingerprint density at radius 3 is 2.50 bits per heavy atom. The molecule has 1 N–H and O–H groups in total. The minimum atomic E-state index is -1.60. The molecule has 1 unspecified atom stereocenters. The van der Waals surface area contributed by atoms with Crippen molar-refractivity contribution in [1.29, 1.82) is 0 Å². The summed E-state index contributed by atoms with van der Waals surface area (Å²) in [6, 6.07) is 26.8. The predicted octanol–water partition coefficient (Wildman–Crippen LogP) is 6.48. The fraction of sp³-hybridized carbons (Fsp3) is 0.103. The minimum Gasteiger partial charge on any atom is -0.322 e. The molecule has 4 aromatic rings. The molecule has 0 saturated carbocycles. The van der Waals surface area contributed by atoms with E-state index in [0.29, 0.717) is 31.6 Å². The normalized spacial score (nSPS) is 14.6. The first kappa shape index (κ1) is 24.0. The molecule has 7 heteroatoms. The zero-order chi connectivity index (χ0) is 25.2. The summed E-state index contributed by atoms with van der Waals surface area (Å²) in [5, 5.41) is 3.53. The average molecular weight is 515 g/mol. The number of aryl methyl sites for hydroxylation is 1. The Morgan fingerprint density at radius 1 is 0.917 bits per heavy atom. The molecule has 1 aliphatic rings. The van der Waals surface area contributed by atoms with Crippen molar-refractivity contribution in [1.82, 2.24) is 0 Å². The fourth-order valence-corrected chi connectivity index (χ4v) is 5.88. The van der Waals surface area contributed by atoms with E-state index in [-0.39, 0.29) is 18.4 Å². The molecule has 5 rings (SSSR count). The van der Waals surface area contributed by atoms with Crippen LogP contribution in [0.25, 0.3) is 0 Å². The number of hydrogen-bond acceptors (Lipinski definition) is 3. The van der Waals surface area contributed by atoms with E-state index in [1.54, 1.807) is 59.5 Å². The molecule has 0 spiro atoms. The number of fused-ring (bicyclic) bond motifs is 2. The molecule has 1 heterocycles. The van der Waals surface area contributed by atoms with Crippen molar-refractivity contribution in [2.45, 2.75) is 29.7 Å². The first-order valence-corrected chi connectivity index (χ1v) is 13.1. The summed E-state index contributed by atoms with van der Waals surface area (Å²) in [6.07, 6.45) is 0.778. The lowest BCUT2D eigenvalue weighted by molar-refractivity contribution is 0.0979. The van der Waals surface area contributed by atoms with Gasteiger partial charge in [-0.1, -0.05) is 61.0 Å². The SMILES string of the molecule is CCc1ccccc1NC(=O)c1ccc2c(c1)N(Cc1cccc(Cl)c1)C(=O)c1ccccc1S2=O. The Balaban J connectivity index is 1.60. The van der Waals surface area contributed by atoms with Crippen LogP contribution in [-0.2, 0) is 23.8 Å². The number of carbonyl (C=O) groups excluding carboxylic acids is 2. The minimum absolute atomic E-state index is 0.210. The molecule has 0 fully saturated rings. The van der Waals surface area contributed by atoms with Gasteiger partial charge in [-0.2, -0.15) is 0 Å². The summed E-state index contributed by atoms with van der Waals surface area (Å²) in [7, 11) is -1.60. The Morgan fingerprint density at radius 2 is 1.69 bits per heavy atom. The Bertz CT molecular complexity index is 1520. The lowest BCUT2D eigenvalue weighted by atomic mass is 10.1. The largest absolute Gasteiger partial charge is 0.322 e. The van der Waals surface area contributed by atoms with E-state index < -0.39 is 10.8 Å². The molecule has 36 heavy (non-hydrogen) atoms. The smallest absolute Gasteiger partial charge is 0.259 e. The highest BCUT2D eigenvalue weighted by molar-refractivity contribution is 7.85. The Kier molecular flexibility index (Phi) is 6.72. The molecule has 0 aliphatic carbocycles. The Hall–Kier alpha value is -3.74. The van der Waals surface area contributed by atoms with Gasteiger partial charge in [-0.05, 0) is 66.1 Å². The van der Waals surface area contributed by atoms with E-state index in [1.807, 2.05) is 43.3 Å². The topological polar surface area (TPSA) is 66.5 Å². The van der Waals surface area contributed by atoms with Gasteiger partial charge in [0, 0.05) is 16.3 Å². The zero-order valence-corrected chi connectivity index (χ0v) is 21.1. The molecule has 180 valence electrons. The van der Waals surface area contributed by atoms with Crippen LogP contribution in [0.1, 0.15) is 38.8 Å². The summed E-state index contributed by atoms with van der Waals surface area (Å²) in [4.78, 5) is 29.5. The lowest BCUT2D eigenvalue weighted by Crippen LogP contribution is -2.30. The second-order valence-electron chi connectivity index (χ2n) is 8.43. The molecule has 0 radical (unpaired) electrons. The van der Waals surface area contributed by atoms with Gasteiger partial charge in [-0.3, -0.25) is 9.59 Å². The van der Waals surface area contributed by atoms with Crippen LogP contribution in [0.2, 0.25) is 5.02 Å². The van der Waals surface area contributed by atoms with Gasteiger partial charge in [-0.15, -0.1) is 0 Å². The van der Waals surface area contributed by atoms with Crippen molar-refractivity contribution >= 4 is 45.6 Å². The van der Waals surface area contributed by atoms with Crippen LogP contribution in [0, 0.1) is 0 Å². The highest BCUT2D eigenvalue weighted by Gasteiger charge is 2.31. The highest BCUT2D eigenvalue weighted by Crippen LogP contribution is 2.36. The van der Waals surface area contributed by atoms with Gasteiger partial charge in [-0.25, -0.2) is 4.21 Å². The predicted molar refractivity (Wildman–Crippen MR) is 143 cm³/mol. The van der Waals surface area contributed by atoms with Gasteiger partial charge in [0.05, 0.1) is 38.4 Å². The summed E-state index contributed by atoms with van der Waals surface area (Å²) in [6.45, 7) is 2.24. The highest BCUT2D eigenvalue weighted by atomic mass is 35.5. The maximum absolute atomic E-state index is 13.7. The molecule has 2 amide bonds. The van der Waals surface area contributed by atoms with Crippen LogP contribution in [0.3, 0.4) is 0 Å². The number of nitrogens with one attached hydrogen (secondary N) is 1. The number of anilines is 2. The van der Waals surface area contributed by atoms with Gasteiger partial charge >= 0.3 is 0 Å². The number of hydrogen-bond donors (Lipinski definition) is 1. The van der Waals surface area contributed by atoms with Gasteiger partial charge < -0.3 is 10.2 Å². The number of carbonyl (C=O) groups is 2. The van der Waals surface area contributed by atoms with Gasteiger partial charge in [0.15, 0.2) is 0 Å². The van der Waals surface area contributed by atoms with Gasteiger partial charge in [0.1, 0.15) is 0 Å². The van der Waals surface area contributed by atoms with E-state index >= 15 is 0 Å². The van der Waals surface area contributed by atoms with E-state index in [2.05, 4.69) is 5.32 Å². The molecule has 0 aromatic heterocycles. The maximum Gasteiger partial charge on any atom is 0.259 e. The zero-order valence-electron chi connectivity index (χ0n) is 19.5. The lowest BCUT2D eigenvalue weighted by Gasteiger charge is -2.24. The number of halogens is 1. The van der Waals surface area contributed by atoms with E-state index in [1.165, 1.54) is 0 Å². The number of nitrogens with zero attached hydrogens (tertiary/aromatic N) is 1. The van der Waals surface area contributed by atoms with Crippen molar-refractivity contribution in [3.8, 4) is 0 Å². The number of rotatable bonds is 5. The molecule has 5 nitrogen and oxygen atoms in total. The third kappa shape index (κ3) is 4.57. The monoisotopic (exact) mass is 514 g/mol. The van der Waals surface area contributed by atoms with Crippen LogP contribution >= 0.6 is 11.6 Å². The second-order valence-corrected chi connectivity index (χ2v) is 10.3. The number of benzene rings is 4. The molecular weight excluding hydrogens is 492 g/mol. The maximum atomic E-state index is 13.7. The standard InChI is InChI=1S/C29H23ClN2O3S/c1-2-20-9-3-5-12-24(20)31-28(33)21-14-15-27-25(17-21)32(18-19-8-7-10-22(30)16-19)29(34)23-11-4-6-13-26(23)36(27)35/h3-17H,2,18H2,1H3,(H,31,33). The third-order valence-electron chi connectivity index (χ3n) is 6.15. The first-order chi connectivity index (χ1) is 17.5. The van der Waals surface area contributed by atoms with Crippen LogP contribution in [0.4, 0.5) is 11.4 Å². The molecule has 0 bridgehead atoms. The van der Waals surface area contributed by atoms with Crippen LogP contribution in [-0.4, -0.2) is 16.0 Å². The number of para-hydroxylation sites is 1. The molecule has 4 aromatic carbocycles. The molecular formula is C29H23ClN2O3S. The summed E-state index contributed by atoms with van der Waals surface area (Å²) in [5.41, 5.74) is 3.76. The average Bonchev–Trinajstić information content (AvgIpc) is 2.98. The van der Waals surface area contributed by atoms with E-state index in [4.69, 9.17) is 11.6 Å². The van der Waals surface area contributed by atoms with Crippen molar-refractivity contribution in [3.63, 3.8) is 0 Å². The van der Waals surface area contributed by atoms with Gasteiger partial charge in [0.2, 0.25) is 0 Å². The van der Waals surface area contributed by atoms with E-state index in [0.717, 1.165) is 23.2 Å². The number of amides is 2. The van der Waals surface area contributed by atoms with Crippen LogP contribution in [0.15, 0.2) is 101 Å². The van der Waals surface area contributed by atoms with Crippen molar-refractivity contribution < 1.29 is 13.8 Å². The molecule has 1 atom stereocenters. The van der Waals surface area contributed by atoms with Crippen molar-refractivity contribution in [3.05, 3.63) is 118 Å². The summed E-state index contributed by atoms with van der Waals surface area (Å²) in [5.74, 6) is -0.590. The third-order valence-corrected chi connectivity index (χ3v) is 7.89. The quantitative estimate of drug-likeness (QED) is 0.331. The molecule has 0 saturated heterocycles. The van der Waals surface area contributed by atoms with Gasteiger partial charge in [0.25, 0.3) is 11.8 Å². The molecule has 1 aliphatic heterocycles. The summed E-state index contributed by atoms with van der Waals surface area (Å²) >= 11 is 6.20. The van der Waals surface area contributed by atoms with Crippen LogP contribution in [0.5, 0.6) is 0 Å². The summed E-state index contributed by atoms with van der Waals surface area (Å²) < 4.78 is 13.6.